The summed E-state index contributed by atoms with van der Waals surface area (Å²) < 4.78 is 8.62. The van der Waals surface area contributed by atoms with Crippen molar-refractivity contribution in [1.82, 2.24) is 9.88 Å². The van der Waals surface area contributed by atoms with E-state index >= 15 is 0 Å². The zero-order valence-corrected chi connectivity index (χ0v) is 24.7. The second-order valence-corrected chi connectivity index (χ2v) is 11.6. The minimum atomic E-state index is -0.316. The average molecular weight is 591 g/mol. The van der Waals surface area contributed by atoms with E-state index in [9.17, 15) is 5.26 Å². The summed E-state index contributed by atoms with van der Waals surface area (Å²) in [7, 11) is 0. The number of nitrogens with one attached hydrogen (secondary N) is 1. The second-order valence-electron chi connectivity index (χ2n) is 11.6. The van der Waals surface area contributed by atoms with Crippen molar-refractivity contribution in [3.8, 4) is 11.8 Å². The Kier molecular flexibility index (Phi) is 5.87. The Labute approximate surface area is 265 Å². The number of hydrogen-bond acceptors (Lipinski definition) is 4. The highest BCUT2D eigenvalue weighted by Gasteiger charge is 2.21. The molecule has 0 amide bonds. The van der Waals surface area contributed by atoms with Crippen LogP contribution in [-0.4, -0.2) is 10.3 Å². The molecule has 0 bridgehead atoms. The molecule has 1 aliphatic heterocycles. The average Bonchev–Trinajstić information content (AvgIpc) is 3.65. The molecule has 1 atom stereocenters. The third kappa shape index (κ3) is 4.20. The highest BCUT2D eigenvalue weighted by molar-refractivity contribution is 6.17. The fourth-order valence-corrected chi connectivity index (χ4v) is 6.65. The second kappa shape index (κ2) is 10.4. The number of nitriles is 1. The van der Waals surface area contributed by atoms with Gasteiger partial charge in [0.05, 0.1) is 28.4 Å². The topological polar surface area (TPSA) is 66.2 Å². The van der Waals surface area contributed by atoms with E-state index in [0.717, 1.165) is 72.1 Å². The Bertz CT molecular complexity index is 2560. The van der Waals surface area contributed by atoms with Crippen molar-refractivity contribution in [3.63, 3.8) is 0 Å². The first-order valence-corrected chi connectivity index (χ1v) is 15.3. The van der Waals surface area contributed by atoms with Crippen molar-refractivity contribution < 1.29 is 4.42 Å². The van der Waals surface area contributed by atoms with E-state index in [2.05, 4.69) is 107 Å². The third-order valence-corrected chi connectivity index (χ3v) is 8.85. The number of furan rings is 1. The molecular weight excluding hydrogens is 564 g/mol. The van der Waals surface area contributed by atoms with E-state index in [1.165, 1.54) is 5.39 Å². The molecule has 0 aliphatic carbocycles. The van der Waals surface area contributed by atoms with Crippen LogP contribution in [0.5, 0.6) is 0 Å². The maximum Gasteiger partial charge on any atom is 0.145 e. The summed E-state index contributed by atoms with van der Waals surface area (Å²) in [4.78, 5) is 5.20. The molecule has 5 nitrogen and oxygen atoms in total. The van der Waals surface area contributed by atoms with Gasteiger partial charge in [-0.15, -0.1) is 0 Å². The molecule has 1 N–H and O–H groups in total. The largest absolute Gasteiger partial charge is 0.456 e. The number of aliphatic imine (C=N–C) groups is 1. The minimum absolute atomic E-state index is 0.316. The normalized spacial score (nSPS) is 14.7. The van der Waals surface area contributed by atoms with E-state index in [1.807, 2.05) is 54.6 Å². The van der Waals surface area contributed by atoms with E-state index in [1.54, 1.807) is 0 Å². The first-order valence-electron chi connectivity index (χ1n) is 15.3. The number of allylic oxidation sites excluding steroid dienone is 1. The van der Waals surface area contributed by atoms with Gasteiger partial charge >= 0.3 is 0 Å². The highest BCUT2D eigenvalue weighted by atomic mass is 16.3. The Balaban J connectivity index is 1.21. The van der Waals surface area contributed by atoms with Gasteiger partial charge in [-0.2, -0.15) is 5.26 Å². The van der Waals surface area contributed by atoms with Gasteiger partial charge < -0.3 is 14.3 Å². The Morgan fingerprint density at radius 2 is 1.41 bits per heavy atom. The maximum absolute atomic E-state index is 9.34. The molecule has 216 valence electrons. The van der Waals surface area contributed by atoms with Crippen LogP contribution in [0.1, 0.15) is 28.4 Å². The molecule has 1 aliphatic rings. The molecule has 5 heteroatoms. The standard InChI is InChI=1S/C41H26N4O/c42-25-26-17-19-28(20-18-26)36-24-35(27-9-2-1-3-10-27)43-41(44-36)29-11-8-12-30(21-29)45-37-15-6-4-13-31(37)33-23-40-34(22-38(33)45)32-14-5-7-16-39(32)46-40/h1-24,41,44H. The Morgan fingerprint density at radius 3 is 2.26 bits per heavy atom. The van der Waals surface area contributed by atoms with Crippen molar-refractivity contribution in [2.24, 2.45) is 4.99 Å². The fraction of sp³-hybridized carbons (Fsp3) is 0.0244. The predicted molar refractivity (Wildman–Crippen MR) is 186 cm³/mol. The van der Waals surface area contributed by atoms with Crippen molar-refractivity contribution in [2.75, 3.05) is 0 Å². The van der Waals surface area contributed by atoms with Crippen molar-refractivity contribution in [1.29, 1.82) is 5.26 Å². The lowest BCUT2D eigenvalue weighted by Crippen LogP contribution is -2.25. The monoisotopic (exact) mass is 590 g/mol. The van der Waals surface area contributed by atoms with Crippen LogP contribution in [0.4, 0.5) is 0 Å². The van der Waals surface area contributed by atoms with Crippen LogP contribution >= 0.6 is 0 Å². The van der Waals surface area contributed by atoms with Gasteiger partial charge in [-0.3, -0.25) is 4.99 Å². The lowest BCUT2D eigenvalue weighted by atomic mass is 10.0. The van der Waals surface area contributed by atoms with Gasteiger partial charge in [0.2, 0.25) is 0 Å². The predicted octanol–water partition coefficient (Wildman–Crippen LogP) is 9.69. The van der Waals surface area contributed by atoms with Crippen LogP contribution in [0.15, 0.2) is 155 Å². The fourth-order valence-electron chi connectivity index (χ4n) is 6.65. The summed E-state index contributed by atoms with van der Waals surface area (Å²) in [6.45, 7) is 0. The van der Waals surface area contributed by atoms with Crippen LogP contribution in [0, 0.1) is 11.3 Å². The zero-order chi connectivity index (χ0) is 30.6. The molecule has 9 rings (SSSR count). The molecule has 46 heavy (non-hydrogen) atoms. The number of nitrogens with zero attached hydrogens (tertiary/aromatic N) is 3. The summed E-state index contributed by atoms with van der Waals surface area (Å²) in [5.41, 5.74) is 10.7. The van der Waals surface area contributed by atoms with Crippen LogP contribution in [0.3, 0.4) is 0 Å². The minimum Gasteiger partial charge on any atom is -0.456 e. The number of aromatic nitrogens is 1. The van der Waals surface area contributed by atoms with E-state index in [4.69, 9.17) is 9.41 Å². The number of rotatable bonds is 4. The Morgan fingerprint density at radius 1 is 0.630 bits per heavy atom. The number of fused-ring (bicyclic) bond motifs is 6. The molecule has 8 aromatic rings. The lowest BCUT2D eigenvalue weighted by Gasteiger charge is -2.25. The molecule has 2 aromatic heterocycles. The third-order valence-electron chi connectivity index (χ3n) is 8.85. The molecule has 0 saturated carbocycles. The molecule has 0 fully saturated rings. The SMILES string of the molecule is N#Cc1ccc(C2=CC(c3ccccc3)=NC(c3cccc(-n4c5ccccc5c5cc6oc7ccccc7c6cc54)c3)N2)cc1. The summed E-state index contributed by atoms with van der Waals surface area (Å²) in [5, 5.41) is 17.6. The van der Waals surface area contributed by atoms with Gasteiger partial charge in [0, 0.05) is 32.9 Å². The van der Waals surface area contributed by atoms with Gasteiger partial charge in [-0.05, 0) is 71.3 Å². The van der Waals surface area contributed by atoms with E-state index < -0.39 is 0 Å². The molecule has 1 unspecified atom stereocenters. The van der Waals surface area contributed by atoms with Crippen LogP contribution < -0.4 is 5.32 Å². The van der Waals surface area contributed by atoms with Gasteiger partial charge in [-0.25, -0.2) is 0 Å². The first-order chi connectivity index (χ1) is 22.7. The number of para-hydroxylation sites is 2. The van der Waals surface area contributed by atoms with Crippen LogP contribution in [0.2, 0.25) is 0 Å². The van der Waals surface area contributed by atoms with E-state index in [0.29, 0.717) is 5.56 Å². The molecule has 6 aromatic carbocycles. The van der Waals surface area contributed by atoms with Crippen LogP contribution in [0.25, 0.3) is 55.1 Å². The number of benzene rings is 6. The smallest absolute Gasteiger partial charge is 0.145 e. The molecular formula is C41H26N4O. The molecule has 0 radical (unpaired) electrons. The van der Waals surface area contributed by atoms with Gasteiger partial charge in [0.15, 0.2) is 0 Å². The number of hydrogen-bond donors (Lipinski definition) is 1. The summed E-state index contributed by atoms with van der Waals surface area (Å²) in [6, 6.07) is 50.0. The first kappa shape index (κ1) is 26.1. The molecule has 3 heterocycles. The Hall–Kier alpha value is -6.38. The highest BCUT2D eigenvalue weighted by Crippen LogP contribution is 2.38. The van der Waals surface area contributed by atoms with Crippen molar-refractivity contribution in [3.05, 3.63) is 168 Å². The summed E-state index contributed by atoms with van der Waals surface area (Å²) in [6.07, 6.45) is 1.77. The zero-order valence-electron chi connectivity index (χ0n) is 24.7. The summed E-state index contributed by atoms with van der Waals surface area (Å²) in [5.74, 6) is 0. The summed E-state index contributed by atoms with van der Waals surface area (Å²) >= 11 is 0. The van der Waals surface area contributed by atoms with Crippen molar-refractivity contribution in [2.45, 2.75) is 6.17 Å². The maximum atomic E-state index is 9.34. The van der Waals surface area contributed by atoms with Crippen molar-refractivity contribution >= 4 is 55.2 Å². The molecule has 0 saturated heterocycles. The lowest BCUT2D eigenvalue weighted by molar-refractivity contribution is 0.663. The van der Waals surface area contributed by atoms with E-state index in [-0.39, 0.29) is 6.17 Å². The van der Waals surface area contributed by atoms with Gasteiger partial charge in [0.1, 0.15) is 17.3 Å². The van der Waals surface area contributed by atoms with Gasteiger partial charge in [-0.1, -0.05) is 91.0 Å². The van der Waals surface area contributed by atoms with Crippen LogP contribution in [-0.2, 0) is 0 Å². The molecule has 0 spiro atoms. The van der Waals surface area contributed by atoms with Gasteiger partial charge in [0.25, 0.3) is 0 Å². The quantitative estimate of drug-likeness (QED) is 0.222.